The van der Waals surface area contributed by atoms with Crippen LogP contribution in [0.5, 0.6) is 0 Å². The van der Waals surface area contributed by atoms with Gasteiger partial charge in [-0.25, -0.2) is 0 Å². The number of aryl methyl sites for hydroxylation is 1. The lowest BCUT2D eigenvalue weighted by molar-refractivity contribution is -0.117. The normalized spacial score (nSPS) is 21.1. The van der Waals surface area contributed by atoms with E-state index in [2.05, 4.69) is 28.1 Å². The lowest BCUT2D eigenvalue weighted by Crippen LogP contribution is -2.36. The Labute approximate surface area is 152 Å². The topological polar surface area (TPSA) is 51.1 Å². The van der Waals surface area contributed by atoms with Crippen LogP contribution in [0.4, 0.5) is 0 Å². The number of hydrogen-bond donors (Lipinski definition) is 1. The minimum Gasteiger partial charge on any atom is -0.362 e. The maximum Gasteiger partial charge on any atom is 0.161 e. The van der Waals surface area contributed by atoms with Crippen molar-refractivity contribution in [3.63, 3.8) is 0 Å². The zero-order valence-corrected chi connectivity index (χ0v) is 15.0. The number of nitrogens with zero attached hydrogens (tertiary/aromatic N) is 1. The van der Waals surface area contributed by atoms with E-state index in [0.717, 1.165) is 64.8 Å². The second-order valence-corrected chi connectivity index (χ2v) is 7.58. The van der Waals surface area contributed by atoms with Crippen molar-refractivity contribution in [3.8, 4) is 0 Å². The summed E-state index contributed by atoms with van der Waals surface area (Å²) in [5.41, 5.74) is 5.94. The summed E-state index contributed by atoms with van der Waals surface area (Å²) >= 11 is 0. The van der Waals surface area contributed by atoms with E-state index < -0.39 is 0 Å². The van der Waals surface area contributed by atoms with Crippen molar-refractivity contribution in [3.05, 3.63) is 58.6 Å². The van der Waals surface area contributed by atoms with Gasteiger partial charge in [-0.05, 0) is 43.2 Å². The molecule has 0 spiro atoms. The van der Waals surface area contributed by atoms with E-state index in [1.165, 1.54) is 0 Å². The number of nitrogens with one attached hydrogen (secondary N) is 1. The van der Waals surface area contributed by atoms with Crippen LogP contribution >= 0.6 is 0 Å². The van der Waals surface area contributed by atoms with Crippen LogP contribution in [0.1, 0.15) is 50.1 Å². The number of para-hydroxylation sites is 1. The SMILES string of the molecule is Cn1c(C2C3=C(CCCC3=O)NC3=C2C(=O)CCC3)cc2ccccc21. The van der Waals surface area contributed by atoms with Gasteiger partial charge >= 0.3 is 0 Å². The van der Waals surface area contributed by atoms with Crippen molar-refractivity contribution >= 4 is 22.5 Å². The molecule has 2 heterocycles. The van der Waals surface area contributed by atoms with E-state index in [4.69, 9.17) is 0 Å². The number of fused-ring (bicyclic) bond motifs is 1. The van der Waals surface area contributed by atoms with Gasteiger partial charge in [0, 0.05) is 53.6 Å². The number of allylic oxidation sites excluding steroid dienone is 4. The fourth-order valence-corrected chi connectivity index (χ4v) is 4.87. The number of benzene rings is 1. The van der Waals surface area contributed by atoms with Gasteiger partial charge in [-0.2, -0.15) is 0 Å². The zero-order valence-electron chi connectivity index (χ0n) is 15.0. The van der Waals surface area contributed by atoms with Crippen LogP contribution in [0.25, 0.3) is 10.9 Å². The van der Waals surface area contributed by atoms with Crippen LogP contribution in [-0.4, -0.2) is 16.1 Å². The fourth-order valence-electron chi connectivity index (χ4n) is 4.87. The van der Waals surface area contributed by atoms with Gasteiger partial charge in [0.1, 0.15) is 0 Å². The van der Waals surface area contributed by atoms with E-state index in [0.29, 0.717) is 12.8 Å². The third kappa shape index (κ3) is 2.14. The molecular weight excluding hydrogens is 324 g/mol. The standard InChI is InChI=1S/C22H22N2O2/c1-24-16-9-3-2-6-13(16)12-17(24)22-20-14(7-4-10-18(20)25)23-15-8-5-11-19(26)21(15)22/h2-3,6,9,12,22-23H,4-5,7-8,10-11H2,1H3. The number of Topliss-reactive ketones (excluding diaryl/α,β-unsaturated/α-hetero) is 2. The molecule has 3 aliphatic rings. The van der Waals surface area contributed by atoms with E-state index in [1.807, 2.05) is 19.2 Å². The van der Waals surface area contributed by atoms with Gasteiger partial charge in [0.2, 0.25) is 0 Å². The zero-order chi connectivity index (χ0) is 17.8. The number of ketones is 2. The molecule has 1 aromatic carbocycles. The summed E-state index contributed by atoms with van der Waals surface area (Å²) in [4.78, 5) is 25.8. The number of aromatic nitrogens is 1. The van der Waals surface area contributed by atoms with Crippen molar-refractivity contribution in [1.82, 2.24) is 9.88 Å². The average Bonchev–Trinajstić information content (AvgIpc) is 2.97. The van der Waals surface area contributed by atoms with E-state index >= 15 is 0 Å². The van der Waals surface area contributed by atoms with Gasteiger partial charge < -0.3 is 9.88 Å². The van der Waals surface area contributed by atoms with Crippen LogP contribution in [0.15, 0.2) is 52.9 Å². The monoisotopic (exact) mass is 346 g/mol. The highest BCUT2D eigenvalue weighted by atomic mass is 16.1. The molecule has 4 nitrogen and oxygen atoms in total. The third-order valence-corrected chi connectivity index (χ3v) is 6.08. The Morgan fingerprint density at radius 2 is 1.54 bits per heavy atom. The second kappa shape index (κ2) is 5.70. The van der Waals surface area contributed by atoms with Gasteiger partial charge in [0.05, 0.1) is 5.92 Å². The van der Waals surface area contributed by atoms with Crippen LogP contribution in [0.2, 0.25) is 0 Å². The first-order valence-corrected chi connectivity index (χ1v) is 9.49. The predicted molar refractivity (Wildman–Crippen MR) is 101 cm³/mol. The Hall–Kier alpha value is -2.62. The molecule has 2 aromatic rings. The first kappa shape index (κ1) is 15.6. The van der Waals surface area contributed by atoms with Crippen molar-refractivity contribution in [2.45, 2.75) is 44.4 Å². The Kier molecular flexibility index (Phi) is 3.42. The number of carbonyl (C=O) groups excluding carboxylic acids is 2. The van der Waals surface area contributed by atoms with E-state index in [1.54, 1.807) is 0 Å². The predicted octanol–water partition coefficient (Wildman–Crippen LogP) is 3.88. The molecule has 0 atom stereocenters. The number of hydrogen-bond acceptors (Lipinski definition) is 3. The third-order valence-electron chi connectivity index (χ3n) is 6.08. The van der Waals surface area contributed by atoms with Crippen LogP contribution in [-0.2, 0) is 16.6 Å². The first-order valence-electron chi connectivity index (χ1n) is 9.49. The number of carbonyl (C=O) groups is 2. The van der Waals surface area contributed by atoms with Crippen LogP contribution in [0, 0.1) is 0 Å². The average molecular weight is 346 g/mol. The molecule has 0 radical (unpaired) electrons. The largest absolute Gasteiger partial charge is 0.362 e. The Morgan fingerprint density at radius 3 is 2.15 bits per heavy atom. The summed E-state index contributed by atoms with van der Waals surface area (Å²) < 4.78 is 2.16. The van der Waals surface area contributed by atoms with Crippen molar-refractivity contribution in [2.75, 3.05) is 0 Å². The van der Waals surface area contributed by atoms with Crippen molar-refractivity contribution in [1.29, 1.82) is 0 Å². The molecule has 5 rings (SSSR count). The lowest BCUT2D eigenvalue weighted by Gasteiger charge is -2.37. The van der Waals surface area contributed by atoms with E-state index in [-0.39, 0.29) is 17.5 Å². The van der Waals surface area contributed by atoms with Gasteiger partial charge in [0.15, 0.2) is 11.6 Å². The number of dihydropyridines is 1. The molecule has 4 heteroatoms. The van der Waals surface area contributed by atoms with Gasteiger partial charge in [-0.15, -0.1) is 0 Å². The van der Waals surface area contributed by atoms with Gasteiger partial charge in [-0.3, -0.25) is 9.59 Å². The summed E-state index contributed by atoms with van der Waals surface area (Å²) in [5.74, 6) is 0.164. The highest BCUT2D eigenvalue weighted by Crippen LogP contribution is 2.46. The van der Waals surface area contributed by atoms with Crippen molar-refractivity contribution < 1.29 is 9.59 Å². The summed E-state index contributed by atoms with van der Waals surface area (Å²) in [5, 5.41) is 4.63. The molecule has 0 saturated heterocycles. The highest BCUT2D eigenvalue weighted by molar-refractivity contribution is 6.06. The summed E-state index contributed by atoms with van der Waals surface area (Å²) in [6.45, 7) is 0. The van der Waals surface area contributed by atoms with Crippen LogP contribution in [0.3, 0.4) is 0 Å². The van der Waals surface area contributed by atoms with Crippen LogP contribution < -0.4 is 5.32 Å². The molecule has 132 valence electrons. The highest BCUT2D eigenvalue weighted by Gasteiger charge is 2.41. The minimum atomic E-state index is -0.223. The fraction of sp³-hybridized carbons (Fsp3) is 0.364. The Bertz CT molecular complexity index is 980. The van der Waals surface area contributed by atoms with Crippen molar-refractivity contribution in [2.24, 2.45) is 7.05 Å². The summed E-state index contributed by atoms with van der Waals surface area (Å²) in [6.07, 6.45) is 4.74. The summed E-state index contributed by atoms with van der Waals surface area (Å²) in [6, 6.07) is 10.4. The Balaban J connectivity index is 1.78. The molecule has 0 saturated carbocycles. The molecule has 2 aliphatic carbocycles. The summed E-state index contributed by atoms with van der Waals surface area (Å²) in [7, 11) is 2.04. The lowest BCUT2D eigenvalue weighted by atomic mass is 9.73. The maximum atomic E-state index is 12.9. The molecule has 1 aliphatic heterocycles. The molecule has 26 heavy (non-hydrogen) atoms. The van der Waals surface area contributed by atoms with Gasteiger partial charge in [0.25, 0.3) is 0 Å². The maximum absolute atomic E-state index is 12.9. The molecule has 0 unspecified atom stereocenters. The molecule has 1 N–H and O–H groups in total. The number of rotatable bonds is 1. The molecule has 1 aromatic heterocycles. The van der Waals surface area contributed by atoms with E-state index in [9.17, 15) is 9.59 Å². The van der Waals surface area contributed by atoms with Gasteiger partial charge in [-0.1, -0.05) is 18.2 Å². The molecule has 0 fully saturated rings. The first-order chi connectivity index (χ1) is 12.6. The molecule has 0 amide bonds. The molecule has 0 bridgehead atoms. The minimum absolute atomic E-state index is 0.193. The molecular formula is C22H22N2O2. The quantitative estimate of drug-likeness (QED) is 0.852. The second-order valence-electron chi connectivity index (χ2n) is 7.58. The Morgan fingerprint density at radius 1 is 0.923 bits per heavy atom. The smallest absolute Gasteiger partial charge is 0.161 e.